The van der Waals surface area contributed by atoms with Crippen LogP contribution in [-0.2, 0) is 4.79 Å². The second-order valence-electron chi connectivity index (χ2n) is 1.81. The van der Waals surface area contributed by atoms with E-state index in [1.807, 2.05) is 0 Å². The summed E-state index contributed by atoms with van der Waals surface area (Å²) in [6, 6.07) is 5.07. The van der Waals surface area contributed by atoms with Gasteiger partial charge in [0.15, 0.2) is 0 Å². The van der Waals surface area contributed by atoms with Crippen LogP contribution in [0.4, 0.5) is 5.69 Å². The fourth-order valence-electron chi connectivity index (χ4n) is 0.660. The van der Waals surface area contributed by atoms with E-state index >= 15 is 0 Å². The van der Waals surface area contributed by atoms with E-state index in [1.54, 1.807) is 18.2 Å². The zero-order valence-corrected chi connectivity index (χ0v) is 7.06. The average molecular weight is 186 g/mol. The van der Waals surface area contributed by atoms with Crippen LogP contribution in [0.5, 0.6) is 0 Å². The number of aliphatic imine (C=N–C) groups is 1. The Morgan fingerprint density at radius 1 is 1.55 bits per heavy atom. The van der Waals surface area contributed by atoms with Crippen LogP contribution in [0.25, 0.3) is 0 Å². The van der Waals surface area contributed by atoms with Crippen molar-refractivity contribution in [1.82, 2.24) is 0 Å². The summed E-state index contributed by atoms with van der Waals surface area (Å²) in [6.45, 7) is 0. The molecule has 0 amide bonds. The molecule has 0 aliphatic rings. The molecule has 1 rings (SSSR count). The molecule has 0 saturated carbocycles. The maximum Gasteiger partial charge on any atom is 0.240 e. The summed E-state index contributed by atoms with van der Waals surface area (Å²) in [6.07, 6.45) is 1.41. The molecule has 2 nitrogen and oxygen atoms in total. The molecule has 0 unspecified atom stereocenters. The normalized spacial score (nSPS) is 8.91. The fourth-order valence-corrected chi connectivity index (χ4v) is 1.20. The summed E-state index contributed by atoms with van der Waals surface area (Å²) in [7, 11) is 0. The molecule has 0 atom stereocenters. The summed E-state index contributed by atoms with van der Waals surface area (Å²) in [5.41, 5.74) is 0.368. The standard InChI is InChI=1S/C7H4ClNOS/c8-5-2-1-3-6(11)7(5)9-4-10/h1-3,11H. The average Bonchev–Trinajstić information content (AvgIpc) is 1.97. The van der Waals surface area contributed by atoms with Crippen molar-refractivity contribution in [3.63, 3.8) is 0 Å². The smallest absolute Gasteiger partial charge is 0.211 e. The molecule has 0 radical (unpaired) electrons. The molecule has 4 heteroatoms. The lowest BCUT2D eigenvalue weighted by Gasteiger charge is -1.97. The van der Waals surface area contributed by atoms with Gasteiger partial charge in [-0.05, 0) is 12.1 Å². The molecule has 0 N–H and O–H groups in total. The number of hydrogen-bond donors (Lipinski definition) is 1. The van der Waals surface area contributed by atoms with E-state index in [0.29, 0.717) is 15.6 Å². The van der Waals surface area contributed by atoms with Crippen LogP contribution in [0.2, 0.25) is 5.02 Å². The van der Waals surface area contributed by atoms with Gasteiger partial charge < -0.3 is 0 Å². The maximum atomic E-state index is 9.89. The number of carbonyl (C=O) groups excluding carboxylic acids is 1. The third-order valence-corrected chi connectivity index (χ3v) is 1.79. The first-order valence-electron chi connectivity index (χ1n) is 2.81. The van der Waals surface area contributed by atoms with Crippen molar-refractivity contribution < 1.29 is 4.79 Å². The number of nitrogens with zero attached hydrogens (tertiary/aromatic N) is 1. The SMILES string of the molecule is O=C=Nc1c(S)cccc1Cl. The van der Waals surface area contributed by atoms with Crippen molar-refractivity contribution in [3.05, 3.63) is 23.2 Å². The lowest BCUT2D eigenvalue weighted by atomic mass is 10.3. The van der Waals surface area contributed by atoms with Gasteiger partial charge in [-0.2, -0.15) is 4.99 Å². The molecule has 0 fully saturated rings. The highest BCUT2D eigenvalue weighted by Crippen LogP contribution is 2.30. The quantitative estimate of drug-likeness (QED) is 0.407. The summed E-state index contributed by atoms with van der Waals surface area (Å²) in [5, 5.41) is 0.404. The van der Waals surface area contributed by atoms with Gasteiger partial charge in [0.2, 0.25) is 6.08 Å². The Morgan fingerprint density at radius 2 is 2.27 bits per heavy atom. The number of para-hydroxylation sites is 1. The van der Waals surface area contributed by atoms with Crippen LogP contribution in [0.1, 0.15) is 0 Å². The van der Waals surface area contributed by atoms with Crippen LogP contribution in [0.3, 0.4) is 0 Å². The van der Waals surface area contributed by atoms with Crippen LogP contribution >= 0.6 is 24.2 Å². The molecule has 1 aromatic carbocycles. The summed E-state index contributed by atoms with van der Waals surface area (Å²) in [4.78, 5) is 13.9. The van der Waals surface area contributed by atoms with Crippen LogP contribution in [0, 0.1) is 0 Å². The highest BCUT2D eigenvalue weighted by Gasteiger charge is 2.00. The topological polar surface area (TPSA) is 29.4 Å². The Balaban J connectivity index is 3.31. The summed E-state index contributed by atoms with van der Waals surface area (Å²) >= 11 is 9.73. The van der Waals surface area contributed by atoms with Gasteiger partial charge in [-0.3, -0.25) is 0 Å². The van der Waals surface area contributed by atoms with Crippen molar-refractivity contribution in [2.45, 2.75) is 4.90 Å². The molecule has 0 bridgehead atoms. The Morgan fingerprint density at radius 3 is 2.82 bits per heavy atom. The number of halogens is 1. The van der Waals surface area contributed by atoms with E-state index in [2.05, 4.69) is 17.6 Å². The number of isocyanates is 1. The number of thiol groups is 1. The minimum atomic E-state index is 0.368. The molecule has 11 heavy (non-hydrogen) atoms. The molecular weight excluding hydrogens is 182 g/mol. The molecule has 0 spiro atoms. The number of benzene rings is 1. The highest BCUT2D eigenvalue weighted by atomic mass is 35.5. The fraction of sp³-hybridized carbons (Fsp3) is 0. The molecule has 0 aromatic heterocycles. The minimum absolute atomic E-state index is 0.368. The van der Waals surface area contributed by atoms with Crippen LogP contribution in [-0.4, -0.2) is 6.08 Å². The first-order valence-corrected chi connectivity index (χ1v) is 3.63. The molecule has 0 aliphatic heterocycles. The largest absolute Gasteiger partial charge is 0.240 e. The van der Waals surface area contributed by atoms with Crippen molar-refractivity contribution in [2.75, 3.05) is 0 Å². The minimum Gasteiger partial charge on any atom is -0.211 e. The van der Waals surface area contributed by atoms with Gasteiger partial charge in [0.25, 0.3) is 0 Å². The second kappa shape index (κ2) is 3.58. The van der Waals surface area contributed by atoms with Crippen molar-refractivity contribution in [1.29, 1.82) is 0 Å². The monoisotopic (exact) mass is 185 g/mol. The van der Waals surface area contributed by atoms with Gasteiger partial charge in [0.1, 0.15) is 5.69 Å². The zero-order chi connectivity index (χ0) is 8.27. The van der Waals surface area contributed by atoms with Crippen LogP contribution in [0.15, 0.2) is 28.1 Å². The summed E-state index contributed by atoms with van der Waals surface area (Å²) in [5.74, 6) is 0. The van der Waals surface area contributed by atoms with E-state index in [1.165, 1.54) is 6.08 Å². The molecule has 1 aromatic rings. The van der Waals surface area contributed by atoms with Crippen molar-refractivity contribution in [3.8, 4) is 0 Å². The molecule has 56 valence electrons. The molecule has 0 heterocycles. The molecular formula is C7H4ClNOS. The van der Waals surface area contributed by atoms with E-state index in [-0.39, 0.29) is 0 Å². The summed E-state index contributed by atoms with van der Waals surface area (Å²) < 4.78 is 0. The lowest BCUT2D eigenvalue weighted by Crippen LogP contribution is -1.70. The number of hydrogen-bond acceptors (Lipinski definition) is 3. The predicted octanol–water partition coefficient (Wildman–Crippen LogP) is 2.60. The van der Waals surface area contributed by atoms with Gasteiger partial charge in [0, 0.05) is 4.90 Å². The van der Waals surface area contributed by atoms with Crippen molar-refractivity contribution in [2.24, 2.45) is 4.99 Å². The van der Waals surface area contributed by atoms with E-state index < -0.39 is 0 Å². The van der Waals surface area contributed by atoms with Gasteiger partial charge in [-0.25, -0.2) is 4.79 Å². The van der Waals surface area contributed by atoms with Gasteiger partial charge >= 0.3 is 0 Å². The number of rotatable bonds is 1. The predicted molar refractivity (Wildman–Crippen MR) is 46.5 cm³/mol. The molecule has 0 aliphatic carbocycles. The third kappa shape index (κ3) is 1.84. The Labute approximate surface area is 74.3 Å². The van der Waals surface area contributed by atoms with E-state index in [4.69, 9.17) is 11.6 Å². The van der Waals surface area contributed by atoms with Gasteiger partial charge in [-0.15, -0.1) is 12.6 Å². The van der Waals surface area contributed by atoms with Crippen molar-refractivity contribution >= 4 is 36.0 Å². The zero-order valence-electron chi connectivity index (χ0n) is 5.41. The maximum absolute atomic E-state index is 9.89. The van der Waals surface area contributed by atoms with E-state index in [0.717, 1.165) is 0 Å². The Hall–Kier alpha value is -0.760. The van der Waals surface area contributed by atoms with Gasteiger partial charge in [0.05, 0.1) is 5.02 Å². The Bertz CT molecular complexity index is 300. The highest BCUT2D eigenvalue weighted by molar-refractivity contribution is 7.80. The first kappa shape index (κ1) is 8.34. The first-order chi connectivity index (χ1) is 5.25. The van der Waals surface area contributed by atoms with E-state index in [9.17, 15) is 4.79 Å². The second-order valence-corrected chi connectivity index (χ2v) is 2.70. The van der Waals surface area contributed by atoms with Gasteiger partial charge in [-0.1, -0.05) is 17.7 Å². The molecule has 0 saturated heterocycles. The van der Waals surface area contributed by atoms with Crippen LogP contribution < -0.4 is 0 Å². The third-order valence-electron chi connectivity index (χ3n) is 1.12. The Kier molecular flexibility index (Phi) is 2.71. The lowest BCUT2D eigenvalue weighted by molar-refractivity contribution is 0.565.